The highest BCUT2D eigenvalue weighted by atomic mass is 32.3. The van der Waals surface area contributed by atoms with Crippen molar-refractivity contribution in [3.63, 3.8) is 0 Å². The molecule has 0 unspecified atom stereocenters. The van der Waals surface area contributed by atoms with Crippen molar-refractivity contribution >= 4 is 22.2 Å². The third kappa shape index (κ3) is 12.1. The van der Waals surface area contributed by atoms with Gasteiger partial charge in [-0.25, -0.2) is 9.59 Å². The van der Waals surface area contributed by atoms with Gasteiger partial charge in [0.1, 0.15) is 0 Å². The summed E-state index contributed by atoms with van der Waals surface area (Å²) in [5.74, 6) is -0.221. The van der Waals surface area contributed by atoms with Crippen LogP contribution in [0.15, 0.2) is 86.5 Å². The number of hydrogen-bond donors (Lipinski definition) is 0. The quantitative estimate of drug-likeness (QED) is 0.326. The molecule has 2 rings (SSSR count). The van der Waals surface area contributed by atoms with Gasteiger partial charge in [0.15, 0.2) is 24.8 Å². The van der Waals surface area contributed by atoms with E-state index in [9.17, 15) is 9.59 Å². The molecule has 0 radical (unpaired) electrons. The minimum atomic E-state index is -5.17. The minimum absolute atomic E-state index is 0.111. The van der Waals surface area contributed by atoms with Gasteiger partial charge < -0.3 is 9.11 Å². The molecule has 0 aliphatic heterocycles. The summed E-state index contributed by atoms with van der Waals surface area (Å²) in [5.41, 5.74) is 0. The van der Waals surface area contributed by atoms with Gasteiger partial charge in [0.05, 0.1) is 0 Å². The van der Waals surface area contributed by atoms with Gasteiger partial charge in [-0.15, -0.1) is 9.13 Å². The molecule has 9 heteroatoms. The van der Waals surface area contributed by atoms with Gasteiger partial charge in [-0.1, -0.05) is 25.3 Å². The van der Waals surface area contributed by atoms with Crippen LogP contribution in [0.3, 0.4) is 0 Å². The van der Waals surface area contributed by atoms with Crippen LogP contribution in [-0.4, -0.2) is 29.3 Å². The van der Waals surface area contributed by atoms with Crippen molar-refractivity contribution < 1.29 is 36.2 Å². The van der Waals surface area contributed by atoms with Gasteiger partial charge in [0, 0.05) is 46.8 Å². The number of pyridine rings is 2. The van der Waals surface area contributed by atoms with Crippen LogP contribution in [0.5, 0.6) is 0 Å². The molecule has 0 aliphatic rings. The summed E-state index contributed by atoms with van der Waals surface area (Å²) in [7, 11) is -5.17. The summed E-state index contributed by atoms with van der Waals surface area (Å²) in [6.07, 6.45) is 9.29. The summed E-state index contributed by atoms with van der Waals surface area (Å²) in [6, 6.07) is 10.9. The Labute approximate surface area is 145 Å². The van der Waals surface area contributed by atoms with E-state index in [0.717, 1.165) is 0 Å². The topological polar surface area (TPSA) is 122 Å². The Morgan fingerprint density at radius 2 is 0.960 bits per heavy atom. The van der Waals surface area contributed by atoms with Crippen LogP contribution >= 0.6 is 0 Å². The molecule has 0 aromatic carbocycles. The van der Waals surface area contributed by atoms with E-state index < -0.39 is 10.4 Å². The molecule has 0 amide bonds. The molecule has 8 nitrogen and oxygen atoms in total. The molecule has 2 aromatic heterocycles. The SMILES string of the molecule is C=CC(=O)[n+]1ccccc1.C=CC(=O)[n+]1ccccc1.O=S(=O)([O-])[O-]. The Bertz CT molecular complexity index is 742. The second kappa shape index (κ2) is 11.5. The fraction of sp³-hybridized carbons (Fsp3) is 0. The van der Waals surface area contributed by atoms with E-state index in [1.807, 2.05) is 12.1 Å². The second-order valence-electron chi connectivity index (χ2n) is 4.06. The Hall–Kier alpha value is -3.01. The highest BCUT2D eigenvalue weighted by Gasteiger charge is 2.05. The van der Waals surface area contributed by atoms with Crippen molar-refractivity contribution in [2.45, 2.75) is 0 Å². The zero-order chi connectivity index (χ0) is 19.3. The highest BCUT2D eigenvalue weighted by Crippen LogP contribution is 1.77. The number of hydrogen-bond acceptors (Lipinski definition) is 6. The van der Waals surface area contributed by atoms with Gasteiger partial charge in [-0.3, -0.25) is 8.42 Å². The number of rotatable bonds is 2. The molecule has 0 saturated heterocycles. The maximum Gasteiger partial charge on any atom is 0.416 e. The first-order valence-corrected chi connectivity index (χ1v) is 7.95. The first-order chi connectivity index (χ1) is 11.7. The van der Waals surface area contributed by atoms with E-state index in [2.05, 4.69) is 13.2 Å². The van der Waals surface area contributed by atoms with Gasteiger partial charge in [0.2, 0.25) is 0 Å². The summed E-state index contributed by atoms with van der Waals surface area (Å²) in [5, 5.41) is 0. The fourth-order valence-corrected chi connectivity index (χ4v) is 1.30. The lowest BCUT2D eigenvalue weighted by atomic mass is 10.4. The Morgan fingerprint density at radius 3 is 1.16 bits per heavy atom. The number of aromatic nitrogens is 2. The van der Waals surface area contributed by atoms with Crippen molar-refractivity contribution in [2.24, 2.45) is 0 Å². The zero-order valence-corrected chi connectivity index (χ0v) is 13.9. The fourth-order valence-electron chi connectivity index (χ4n) is 1.30. The van der Waals surface area contributed by atoms with Crippen molar-refractivity contribution in [2.75, 3.05) is 0 Å². The Morgan fingerprint density at radius 1 is 0.720 bits per heavy atom. The van der Waals surface area contributed by atoms with Crippen LogP contribution in [0.4, 0.5) is 0 Å². The first kappa shape index (κ1) is 22.0. The van der Waals surface area contributed by atoms with Gasteiger partial charge in [-0.05, 0) is 0 Å². The summed E-state index contributed by atoms with van der Waals surface area (Å²) in [4.78, 5) is 21.7. The average molecular weight is 364 g/mol. The number of allylic oxidation sites excluding steroid dienone is 2. The molecule has 0 bridgehead atoms. The van der Waals surface area contributed by atoms with Gasteiger partial charge in [0.25, 0.3) is 0 Å². The first-order valence-electron chi connectivity index (χ1n) is 6.62. The third-order valence-electron chi connectivity index (χ3n) is 2.29. The lowest BCUT2D eigenvalue weighted by Gasteiger charge is -2.06. The molecule has 25 heavy (non-hydrogen) atoms. The summed E-state index contributed by atoms with van der Waals surface area (Å²) < 4.78 is 37.0. The maximum absolute atomic E-state index is 10.9. The number of nitrogens with zero attached hydrogens (tertiary/aromatic N) is 2. The Kier molecular flexibility index (Phi) is 10.1. The monoisotopic (exact) mass is 364 g/mol. The van der Waals surface area contributed by atoms with Crippen molar-refractivity contribution in [1.29, 1.82) is 0 Å². The van der Waals surface area contributed by atoms with Crippen LogP contribution < -0.4 is 9.13 Å². The van der Waals surface area contributed by atoms with Crippen LogP contribution in [-0.2, 0) is 10.4 Å². The minimum Gasteiger partial charge on any atom is -0.759 e. The highest BCUT2D eigenvalue weighted by molar-refractivity contribution is 7.79. The molecular formula is C16H16N2O6S. The molecule has 0 N–H and O–H groups in total. The summed E-state index contributed by atoms with van der Waals surface area (Å²) in [6.45, 7) is 6.73. The standard InChI is InChI=1S/2C8H8NO.H2O4S/c2*1-2-8(10)9-6-4-3-5-7-9;1-5(2,3)4/h2*2-7H,1H2;(H2,1,2,3,4)/q2*+1;/p-2. The number of carbonyl (C=O) groups excluding carboxylic acids is 2. The molecule has 2 heterocycles. The van der Waals surface area contributed by atoms with E-state index in [-0.39, 0.29) is 11.8 Å². The number of carbonyl (C=O) groups is 2. The van der Waals surface area contributed by atoms with Crippen molar-refractivity contribution in [3.05, 3.63) is 86.5 Å². The normalized spacial score (nSPS) is 9.36. The molecule has 132 valence electrons. The Balaban J connectivity index is 0.000000368. The van der Waals surface area contributed by atoms with Crippen LogP contribution in [0.25, 0.3) is 0 Å². The van der Waals surface area contributed by atoms with Crippen LogP contribution in [0.1, 0.15) is 9.59 Å². The molecule has 0 atom stereocenters. The molecule has 0 saturated carbocycles. The largest absolute Gasteiger partial charge is 0.759 e. The maximum atomic E-state index is 10.9. The van der Waals surface area contributed by atoms with E-state index in [1.165, 1.54) is 21.3 Å². The lowest BCUT2D eigenvalue weighted by Crippen LogP contribution is -2.39. The predicted molar refractivity (Wildman–Crippen MR) is 85.4 cm³/mol. The molecule has 0 spiro atoms. The van der Waals surface area contributed by atoms with Crippen LogP contribution in [0.2, 0.25) is 0 Å². The van der Waals surface area contributed by atoms with E-state index in [4.69, 9.17) is 17.5 Å². The predicted octanol–water partition coefficient (Wildman–Crippen LogP) is 0.263. The molecular weight excluding hydrogens is 348 g/mol. The van der Waals surface area contributed by atoms with Crippen LogP contribution in [0, 0.1) is 0 Å². The van der Waals surface area contributed by atoms with E-state index in [0.29, 0.717) is 0 Å². The smallest absolute Gasteiger partial charge is 0.416 e. The van der Waals surface area contributed by atoms with Crippen molar-refractivity contribution in [3.8, 4) is 0 Å². The van der Waals surface area contributed by atoms with Gasteiger partial charge in [-0.2, -0.15) is 0 Å². The lowest BCUT2D eigenvalue weighted by molar-refractivity contribution is -0.570. The van der Waals surface area contributed by atoms with E-state index in [1.54, 1.807) is 49.1 Å². The van der Waals surface area contributed by atoms with Crippen molar-refractivity contribution in [1.82, 2.24) is 0 Å². The van der Waals surface area contributed by atoms with E-state index >= 15 is 0 Å². The molecule has 0 fully saturated rings. The third-order valence-corrected chi connectivity index (χ3v) is 2.29. The second-order valence-corrected chi connectivity index (χ2v) is 4.87. The molecule has 2 aromatic rings. The molecule has 0 aliphatic carbocycles. The van der Waals surface area contributed by atoms with Gasteiger partial charge >= 0.3 is 11.8 Å². The average Bonchev–Trinajstić information content (AvgIpc) is 2.61. The summed E-state index contributed by atoms with van der Waals surface area (Å²) >= 11 is 0. The zero-order valence-electron chi connectivity index (χ0n) is 13.1.